The zero-order chi connectivity index (χ0) is 23.3. The minimum atomic E-state index is -5.02. The lowest BCUT2D eigenvalue weighted by molar-refractivity contribution is -0.275. The molecule has 12 heteroatoms. The Kier molecular flexibility index (Phi) is 7.46. The highest BCUT2D eigenvalue weighted by Crippen LogP contribution is 2.28. The fourth-order valence-electron chi connectivity index (χ4n) is 3.31. The van der Waals surface area contributed by atoms with Gasteiger partial charge in [0, 0.05) is 27.3 Å². The lowest BCUT2D eigenvalue weighted by Gasteiger charge is -2.20. The number of halogens is 4. The van der Waals surface area contributed by atoms with Gasteiger partial charge in [0.2, 0.25) is 0 Å². The summed E-state index contributed by atoms with van der Waals surface area (Å²) in [7, 11) is 3.00. The van der Waals surface area contributed by atoms with E-state index >= 15 is 0 Å². The fourth-order valence-corrected chi connectivity index (χ4v) is 3.31. The van der Waals surface area contributed by atoms with Gasteiger partial charge in [-0.15, -0.1) is 13.2 Å². The Bertz CT molecular complexity index is 944. The molecule has 3 rings (SSSR count). The van der Waals surface area contributed by atoms with Gasteiger partial charge in [0.25, 0.3) is 5.91 Å². The predicted molar refractivity (Wildman–Crippen MR) is 105 cm³/mol. The second kappa shape index (κ2) is 10.1. The highest BCUT2D eigenvalue weighted by Gasteiger charge is 2.32. The van der Waals surface area contributed by atoms with Gasteiger partial charge in [-0.3, -0.25) is 9.78 Å². The van der Waals surface area contributed by atoms with Crippen LogP contribution >= 0.6 is 0 Å². The maximum atomic E-state index is 14.1. The largest absolute Gasteiger partial charge is 0.573 e. The number of aromatic nitrogens is 2. The van der Waals surface area contributed by atoms with Crippen LogP contribution in [-0.4, -0.2) is 62.3 Å². The number of nitrogens with one attached hydrogen (secondary N) is 1. The van der Waals surface area contributed by atoms with Crippen molar-refractivity contribution in [3.63, 3.8) is 0 Å². The number of amides is 1. The molecule has 0 spiro atoms. The quantitative estimate of drug-likeness (QED) is 0.609. The van der Waals surface area contributed by atoms with Gasteiger partial charge in [0.1, 0.15) is 11.5 Å². The first-order valence-corrected chi connectivity index (χ1v) is 9.65. The first-order chi connectivity index (χ1) is 15.2. The van der Waals surface area contributed by atoms with Crippen molar-refractivity contribution in [3.05, 3.63) is 47.7 Å². The lowest BCUT2D eigenvalue weighted by atomic mass is 10.1. The van der Waals surface area contributed by atoms with Crippen molar-refractivity contribution in [2.45, 2.75) is 24.9 Å². The third kappa shape index (κ3) is 6.04. The summed E-state index contributed by atoms with van der Waals surface area (Å²) in [6, 6.07) is 2.05. The normalized spacial score (nSPS) is 17.3. The molecular weight excluding hydrogens is 436 g/mol. The minimum absolute atomic E-state index is 0.0296. The van der Waals surface area contributed by atoms with Crippen molar-refractivity contribution in [2.24, 2.45) is 0 Å². The molecule has 174 valence electrons. The van der Waals surface area contributed by atoms with E-state index in [0.29, 0.717) is 18.9 Å². The van der Waals surface area contributed by atoms with Gasteiger partial charge < -0.3 is 24.4 Å². The fraction of sp³-hybridized carbons (Fsp3) is 0.450. The van der Waals surface area contributed by atoms with E-state index in [2.05, 4.69) is 20.0 Å². The van der Waals surface area contributed by atoms with Crippen LogP contribution in [0.25, 0.3) is 0 Å². The number of hydrogen-bond acceptors (Lipinski definition) is 7. The van der Waals surface area contributed by atoms with Gasteiger partial charge in [-0.2, -0.15) is 0 Å². The molecular formula is C20H22F4N4O4. The molecule has 1 aromatic carbocycles. The summed E-state index contributed by atoms with van der Waals surface area (Å²) in [6.07, 6.45) is -1.31. The molecule has 1 fully saturated rings. The second-order valence-electron chi connectivity index (χ2n) is 7.07. The van der Waals surface area contributed by atoms with Crippen LogP contribution in [0.3, 0.4) is 0 Å². The zero-order valence-corrected chi connectivity index (χ0v) is 17.4. The minimum Gasteiger partial charge on any atom is -0.403 e. The van der Waals surface area contributed by atoms with Gasteiger partial charge in [-0.25, -0.2) is 9.37 Å². The molecule has 2 unspecified atom stereocenters. The average Bonchev–Trinajstić information content (AvgIpc) is 3.23. The molecule has 1 N–H and O–H groups in total. The Balaban J connectivity index is 1.74. The van der Waals surface area contributed by atoms with Crippen LogP contribution in [0.4, 0.5) is 23.4 Å². The van der Waals surface area contributed by atoms with E-state index in [1.807, 2.05) is 4.90 Å². The number of rotatable bonds is 8. The first kappa shape index (κ1) is 23.7. The van der Waals surface area contributed by atoms with Crippen LogP contribution < -0.4 is 15.0 Å². The molecule has 0 radical (unpaired) electrons. The third-order valence-corrected chi connectivity index (χ3v) is 4.88. The number of benzene rings is 1. The summed E-state index contributed by atoms with van der Waals surface area (Å²) in [5.41, 5.74) is 0.223. The topological polar surface area (TPSA) is 85.8 Å². The van der Waals surface area contributed by atoms with Crippen molar-refractivity contribution in [3.8, 4) is 5.75 Å². The molecule has 0 saturated carbocycles. The molecule has 2 heterocycles. The third-order valence-electron chi connectivity index (χ3n) is 4.88. The van der Waals surface area contributed by atoms with Gasteiger partial charge >= 0.3 is 6.36 Å². The van der Waals surface area contributed by atoms with Crippen LogP contribution in [0.15, 0.2) is 30.6 Å². The van der Waals surface area contributed by atoms with Crippen LogP contribution in [0, 0.1) is 5.82 Å². The molecule has 1 saturated heterocycles. The number of anilines is 1. The SMILES string of the molecule is COCC(NC(=O)c1cncc(N2CCC(OC)C2)n1)c1ccc(OC(F)(F)F)c(F)c1. The highest BCUT2D eigenvalue weighted by molar-refractivity contribution is 5.92. The van der Waals surface area contributed by atoms with Crippen molar-refractivity contribution in [2.75, 3.05) is 38.8 Å². The molecule has 0 aliphatic carbocycles. The summed E-state index contributed by atoms with van der Waals surface area (Å²) < 4.78 is 65.2. The number of carbonyl (C=O) groups is 1. The Morgan fingerprint density at radius 1 is 1.31 bits per heavy atom. The molecule has 2 atom stereocenters. The molecule has 32 heavy (non-hydrogen) atoms. The molecule has 1 aromatic heterocycles. The van der Waals surface area contributed by atoms with Crippen LogP contribution in [0.5, 0.6) is 5.75 Å². The highest BCUT2D eigenvalue weighted by atomic mass is 19.4. The number of alkyl halides is 3. The first-order valence-electron chi connectivity index (χ1n) is 9.65. The maximum Gasteiger partial charge on any atom is 0.573 e. The number of hydrogen-bond donors (Lipinski definition) is 1. The van der Waals surface area contributed by atoms with Crippen molar-refractivity contribution < 1.29 is 36.6 Å². The van der Waals surface area contributed by atoms with E-state index in [1.54, 1.807) is 7.11 Å². The van der Waals surface area contributed by atoms with E-state index in [-0.39, 0.29) is 24.0 Å². The van der Waals surface area contributed by atoms with Crippen molar-refractivity contribution in [1.29, 1.82) is 0 Å². The van der Waals surface area contributed by atoms with Gasteiger partial charge in [-0.05, 0) is 24.1 Å². The molecule has 8 nitrogen and oxygen atoms in total. The van der Waals surface area contributed by atoms with Crippen LogP contribution in [0.2, 0.25) is 0 Å². The second-order valence-corrected chi connectivity index (χ2v) is 7.07. The maximum absolute atomic E-state index is 14.1. The van der Waals surface area contributed by atoms with E-state index in [4.69, 9.17) is 9.47 Å². The summed E-state index contributed by atoms with van der Waals surface area (Å²) >= 11 is 0. The molecule has 0 bridgehead atoms. The molecule has 1 aliphatic rings. The monoisotopic (exact) mass is 458 g/mol. The molecule has 2 aromatic rings. The Hall–Kier alpha value is -2.99. The van der Waals surface area contributed by atoms with E-state index in [1.165, 1.54) is 25.6 Å². The standard InChI is InChI=1S/C20H22F4N4O4/c1-30-11-16(12-3-4-17(14(21)7-12)32-20(22,23)24)27-19(29)15-8-25-9-18(26-15)28-6-5-13(10-28)31-2/h3-4,7-9,13,16H,5-6,10-11H2,1-2H3,(H,27,29). The molecule has 1 amide bonds. The van der Waals surface area contributed by atoms with Crippen LogP contribution in [-0.2, 0) is 9.47 Å². The van der Waals surface area contributed by atoms with Gasteiger partial charge in [0.15, 0.2) is 11.6 Å². The smallest absolute Gasteiger partial charge is 0.403 e. The Labute approximate surface area is 181 Å². The summed E-state index contributed by atoms with van der Waals surface area (Å²) in [5, 5.41) is 2.64. The van der Waals surface area contributed by atoms with Gasteiger partial charge in [-0.1, -0.05) is 6.07 Å². The molecule has 1 aliphatic heterocycles. The lowest BCUT2D eigenvalue weighted by Crippen LogP contribution is -2.32. The van der Waals surface area contributed by atoms with Gasteiger partial charge in [0.05, 0.1) is 31.1 Å². The van der Waals surface area contributed by atoms with Crippen LogP contribution in [0.1, 0.15) is 28.5 Å². The predicted octanol–water partition coefficient (Wildman–Crippen LogP) is 2.86. The zero-order valence-electron chi connectivity index (χ0n) is 17.4. The Morgan fingerprint density at radius 3 is 2.72 bits per heavy atom. The van der Waals surface area contributed by atoms with E-state index in [0.717, 1.165) is 18.6 Å². The van der Waals surface area contributed by atoms with E-state index < -0.39 is 29.9 Å². The van der Waals surface area contributed by atoms with Crippen molar-refractivity contribution in [1.82, 2.24) is 15.3 Å². The number of carbonyl (C=O) groups excluding carboxylic acids is 1. The number of methoxy groups -OCH3 is 2. The average molecular weight is 458 g/mol. The van der Waals surface area contributed by atoms with E-state index in [9.17, 15) is 22.4 Å². The van der Waals surface area contributed by atoms with Crippen molar-refractivity contribution >= 4 is 11.7 Å². The summed E-state index contributed by atoms with van der Waals surface area (Å²) in [6.45, 7) is 1.27. The number of nitrogens with zero attached hydrogens (tertiary/aromatic N) is 3. The number of ether oxygens (including phenoxy) is 3. The summed E-state index contributed by atoms with van der Waals surface area (Å²) in [5.74, 6) is -2.28. The Morgan fingerprint density at radius 2 is 2.09 bits per heavy atom. The summed E-state index contributed by atoms with van der Waals surface area (Å²) in [4.78, 5) is 23.1.